The number of imidazole rings is 1. The Bertz CT molecular complexity index is 1430. The molecule has 1 aromatic carbocycles. The summed E-state index contributed by atoms with van der Waals surface area (Å²) in [5.74, 6) is 4.01. The van der Waals surface area contributed by atoms with Gasteiger partial charge < -0.3 is 4.57 Å². The number of hydrogen-bond acceptors (Lipinski definition) is 5. The summed E-state index contributed by atoms with van der Waals surface area (Å²) in [5, 5.41) is 0. The van der Waals surface area contributed by atoms with Crippen LogP contribution in [0.1, 0.15) is 76.4 Å². The molecule has 2 atom stereocenters. The van der Waals surface area contributed by atoms with Gasteiger partial charge in [0.05, 0.1) is 20.8 Å². The van der Waals surface area contributed by atoms with Gasteiger partial charge in [-0.3, -0.25) is 14.6 Å². The second-order valence-corrected chi connectivity index (χ2v) is 10.2. The van der Waals surface area contributed by atoms with Crippen molar-refractivity contribution in [3.63, 3.8) is 0 Å². The molecule has 3 heterocycles. The van der Waals surface area contributed by atoms with Crippen molar-refractivity contribution in [1.82, 2.24) is 14.5 Å². The quantitative estimate of drug-likeness (QED) is 0.217. The molecule has 1 fully saturated rings. The summed E-state index contributed by atoms with van der Waals surface area (Å²) in [4.78, 5) is 36.3. The molecule has 1 aliphatic rings. The fourth-order valence-electron chi connectivity index (χ4n) is 5.13. The number of carbonyl (C=O) groups excluding carboxylic acids is 2. The molecule has 6 heteroatoms. The van der Waals surface area contributed by atoms with E-state index in [1.54, 1.807) is 6.20 Å². The third kappa shape index (κ3) is 4.69. The first kappa shape index (κ1) is 23.2. The fourth-order valence-corrected chi connectivity index (χ4v) is 5.90. The second kappa shape index (κ2) is 9.97. The van der Waals surface area contributed by atoms with E-state index in [2.05, 4.69) is 15.5 Å². The van der Waals surface area contributed by atoms with E-state index in [0.29, 0.717) is 24.3 Å². The van der Waals surface area contributed by atoms with Gasteiger partial charge in [0.2, 0.25) is 0 Å². The Balaban J connectivity index is 1.48. The maximum Gasteiger partial charge on any atom is 0.173 e. The van der Waals surface area contributed by atoms with Gasteiger partial charge in [0.15, 0.2) is 17.4 Å². The predicted octanol–water partition coefficient (Wildman–Crippen LogP) is 6.74. The van der Waals surface area contributed by atoms with E-state index < -0.39 is 0 Å². The Morgan fingerprint density at radius 2 is 2.03 bits per heavy atom. The predicted molar refractivity (Wildman–Crippen MR) is 140 cm³/mol. The molecule has 5 nitrogen and oxygen atoms in total. The number of carbonyl (C=O) groups is 2. The molecule has 4 aromatic rings. The highest BCUT2D eigenvalue weighted by Gasteiger charge is 2.29. The van der Waals surface area contributed by atoms with E-state index in [4.69, 9.17) is 11.4 Å². The lowest BCUT2D eigenvalue weighted by Gasteiger charge is -2.31. The van der Waals surface area contributed by atoms with Crippen molar-refractivity contribution in [2.45, 2.75) is 51.5 Å². The van der Waals surface area contributed by atoms with Crippen molar-refractivity contribution in [2.24, 2.45) is 5.92 Å². The first-order valence-electron chi connectivity index (χ1n) is 12.1. The lowest BCUT2D eigenvalue weighted by atomic mass is 9.82. The standard InChI is InChI=1S/C29H27N3O2S/c1-3-22-12-14-28(35-22)27(34)17-19-8-7-9-21(16-19)32-25-13-11-20(26(33)4-2)18-24(25)31-29(32)23-10-5-6-15-30-23/h1,5-6,10-15,18-19,21H,4,7-9,16-17H2,2H3/t19-,21+/m0/s1. The number of Topliss-reactive ketones (excluding diaryl/α,β-unsaturated/α-hetero) is 2. The molecule has 0 amide bonds. The smallest absolute Gasteiger partial charge is 0.173 e. The Morgan fingerprint density at radius 1 is 1.14 bits per heavy atom. The minimum absolute atomic E-state index is 0.110. The van der Waals surface area contributed by atoms with Crippen LogP contribution in [0, 0.1) is 18.3 Å². The Labute approximate surface area is 209 Å². The summed E-state index contributed by atoms with van der Waals surface area (Å²) in [5.41, 5.74) is 3.31. The van der Waals surface area contributed by atoms with Crippen LogP contribution >= 0.6 is 11.3 Å². The Kier molecular flexibility index (Phi) is 6.61. The number of fused-ring (bicyclic) bond motifs is 1. The summed E-state index contributed by atoms with van der Waals surface area (Å²) in [6, 6.07) is 15.5. The number of pyridine rings is 1. The highest BCUT2D eigenvalue weighted by Crippen LogP contribution is 2.39. The normalized spacial score (nSPS) is 17.8. The van der Waals surface area contributed by atoms with Crippen molar-refractivity contribution >= 4 is 33.9 Å². The van der Waals surface area contributed by atoms with Crippen LogP contribution in [0.4, 0.5) is 0 Å². The molecule has 0 spiro atoms. The number of aromatic nitrogens is 3. The van der Waals surface area contributed by atoms with E-state index in [9.17, 15) is 9.59 Å². The molecule has 0 radical (unpaired) electrons. The van der Waals surface area contributed by atoms with Crippen molar-refractivity contribution in [2.75, 3.05) is 0 Å². The van der Waals surface area contributed by atoms with Crippen molar-refractivity contribution in [3.05, 3.63) is 70.0 Å². The topological polar surface area (TPSA) is 64.8 Å². The minimum atomic E-state index is 0.110. The number of terminal acetylenes is 1. The lowest BCUT2D eigenvalue weighted by molar-refractivity contribution is 0.0944. The van der Waals surface area contributed by atoms with Crippen molar-refractivity contribution in [1.29, 1.82) is 0 Å². The fraction of sp³-hybridized carbons (Fsp3) is 0.310. The summed E-state index contributed by atoms with van der Waals surface area (Å²) < 4.78 is 2.29. The van der Waals surface area contributed by atoms with Crippen LogP contribution < -0.4 is 0 Å². The molecule has 0 unspecified atom stereocenters. The largest absolute Gasteiger partial charge is 0.320 e. The zero-order chi connectivity index (χ0) is 24.4. The molecular weight excluding hydrogens is 454 g/mol. The van der Waals surface area contributed by atoms with Gasteiger partial charge in [-0.05, 0) is 67.6 Å². The molecule has 1 aliphatic carbocycles. The minimum Gasteiger partial charge on any atom is -0.320 e. The second-order valence-electron chi connectivity index (χ2n) is 9.12. The third-order valence-corrected chi connectivity index (χ3v) is 7.90. The van der Waals surface area contributed by atoms with E-state index in [-0.39, 0.29) is 17.6 Å². The molecule has 1 saturated carbocycles. The number of nitrogens with zero attached hydrogens (tertiary/aromatic N) is 3. The zero-order valence-electron chi connectivity index (χ0n) is 19.7. The molecule has 0 aliphatic heterocycles. The number of ketones is 2. The summed E-state index contributed by atoms with van der Waals surface area (Å²) in [6.45, 7) is 1.87. The van der Waals surface area contributed by atoms with Crippen LogP contribution in [-0.4, -0.2) is 26.1 Å². The molecule has 0 bridgehead atoms. The van der Waals surface area contributed by atoms with Crippen LogP contribution in [0.15, 0.2) is 54.7 Å². The van der Waals surface area contributed by atoms with Crippen LogP contribution in [0.5, 0.6) is 0 Å². The maximum atomic E-state index is 12.9. The van der Waals surface area contributed by atoms with Crippen molar-refractivity contribution in [3.8, 4) is 23.9 Å². The van der Waals surface area contributed by atoms with Crippen LogP contribution in [0.3, 0.4) is 0 Å². The highest BCUT2D eigenvalue weighted by atomic mass is 32.1. The van der Waals surface area contributed by atoms with Crippen LogP contribution in [-0.2, 0) is 0 Å². The number of benzene rings is 1. The lowest BCUT2D eigenvalue weighted by Crippen LogP contribution is -2.22. The first-order chi connectivity index (χ1) is 17.1. The third-order valence-electron chi connectivity index (χ3n) is 6.84. The average Bonchev–Trinajstić information content (AvgIpc) is 3.53. The van der Waals surface area contributed by atoms with Gasteiger partial charge in [0.25, 0.3) is 0 Å². The number of thiophene rings is 1. The molecule has 3 aromatic heterocycles. The molecule has 35 heavy (non-hydrogen) atoms. The molecule has 0 N–H and O–H groups in total. The molecule has 5 rings (SSSR count). The van der Waals surface area contributed by atoms with Crippen LogP contribution in [0.2, 0.25) is 0 Å². The van der Waals surface area contributed by atoms with Gasteiger partial charge in [-0.15, -0.1) is 17.8 Å². The molecule has 176 valence electrons. The Hall–Kier alpha value is -3.56. The van der Waals surface area contributed by atoms with E-state index in [1.807, 2.05) is 55.5 Å². The number of rotatable bonds is 7. The average molecular weight is 482 g/mol. The molecule has 0 saturated heterocycles. The maximum absolute atomic E-state index is 12.9. The van der Waals surface area contributed by atoms with Gasteiger partial charge in [0, 0.05) is 30.6 Å². The number of hydrogen-bond donors (Lipinski definition) is 0. The van der Waals surface area contributed by atoms with Gasteiger partial charge in [-0.25, -0.2) is 4.98 Å². The monoisotopic (exact) mass is 481 g/mol. The SMILES string of the molecule is C#Cc1ccc(C(=O)C[C@H]2CCC[C@@H](n3c(-c4ccccn4)nc4cc(C(=O)CC)ccc43)C2)s1. The van der Waals surface area contributed by atoms with E-state index >= 15 is 0 Å². The Morgan fingerprint density at radius 3 is 2.77 bits per heavy atom. The summed E-state index contributed by atoms with van der Waals surface area (Å²) in [6.07, 6.45) is 12.3. The first-order valence-corrected chi connectivity index (χ1v) is 12.9. The van der Waals surface area contributed by atoms with Gasteiger partial charge in [0.1, 0.15) is 5.69 Å². The summed E-state index contributed by atoms with van der Waals surface area (Å²) >= 11 is 1.40. The molecular formula is C29H27N3O2S. The van der Waals surface area contributed by atoms with Crippen LogP contribution in [0.25, 0.3) is 22.6 Å². The van der Waals surface area contributed by atoms with Gasteiger partial charge in [-0.2, -0.15) is 0 Å². The van der Waals surface area contributed by atoms with E-state index in [1.165, 1.54) is 11.3 Å². The van der Waals surface area contributed by atoms with Gasteiger partial charge >= 0.3 is 0 Å². The van der Waals surface area contributed by atoms with E-state index in [0.717, 1.165) is 58.0 Å². The highest BCUT2D eigenvalue weighted by molar-refractivity contribution is 7.14. The van der Waals surface area contributed by atoms with Crippen molar-refractivity contribution < 1.29 is 9.59 Å². The zero-order valence-corrected chi connectivity index (χ0v) is 20.6. The van der Waals surface area contributed by atoms with Gasteiger partial charge in [-0.1, -0.05) is 25.3 Å². The summed E-state index contributed by atoms with van der Waals surface area (Å²) in [7, 11) is 0.